The van der Waals surface area contributed by atoms with Crippen LogP contribution in [0.5, 0.6) is 0 Å². The minimum atomic E-state index is -0.489. The Morgan fingerprint density at radius 1 is 1.24 bits per heavy atom. The Morgan fingerprint density at radius 2 is 1.86 bits per heavy atom. The molecule has 1 N–H and O–H groups in total. The highest BCUT2D eigenvalue weighted by molar-refractivity contribution is 5.51. The lowest BCUT2D eigenvalue weighted by Gasteiger charge is -2.33. The number of ether oxygens (including phenoxy) is 1. The zero-order valence-electron chi connectivity index (χ0n) is 12.8. The summed E-state index contributed by atoms with van der Waals surface area (Å²) in [5.74, 6) is -0.977. The number of nitrogens with zero attached hydrogens (tertiary/aromatic N) is 1. The van der Waals surface area contributed by atoms with E-state index < -0.39 is 11.6 Å². The van der Waals surface area contributed by atoms with Crippen molar-refractivity contribution in [3.63, 3.8) is 0 Å². The van der Waals surface area contributed by atoms with Crippen molar-refractivity contribution in [1.82, 2.24) is 5.32 Å². The van der Waals surface area contributed by atoms with Crippen molar-refractivity contribution in [2.24, 2.45) is 0 Å². The van der Waals surface area contributed by atoms with E-state index in [1.807, 2.05) is 0 Å². The molecular formula is C16H24F2N2O. The smallest absolute Gasteiger partial charge is 0.149 e. The predicted molar refractivity (Wildman–Crippen MR) is 80.6 cm³/mol. The number of hydrogen-bond acceptors (Lipinski definition) is 3. The van der Waals surface area contributed by atoms with Gasteiger partial charge in [-0.3, -0.25) is 0 Å². The standard InChI is InChI=1S/C16H24F2N2O/c1-3-6-19-11-12-9-14(17)16(15(18)10-12)20(2)13-4-7-21-8-5-13/h9-10,13,19H,3-8,11H2,1-2H3. The molecule has 0 spiro atoms. The Balaban J connectivity index is 2.12. The highest BCUT2D eigenvalue weighted by atomic mass is 19.1. The van der Waals surface area contributed by atoms with E-state index in [1.54, 1.807) is 11.9 Å². The molecule has 1 aliphatic rings. The van der Waals surface area contributed by atoms with Crippen molar-refractivity contribution < 1.29 is 13.5 Å². The first-order valence-corrected chi connectivity index (χ1v) is 7.62. The monoisotopic (exact) mass is 298 g/mol. The molecule has 0 bridgehead atoms. The number of benzene rings is 1. The van der Waals surface area contributed by atoms with E-state index in [2.05, 4.69) is 12.2 Å². The maximum atomic E-state index is 14.3. The summed E-state index contributed by atoms with van der Waals surface area (Å²) in [5, 5.41) is 3.15. The Bertz CT molecular complexity index is 439. The van der Waals surface area contributed by atoms with Crippen LogP contribution in [0.3, 0.4) is 0 Å². The van der Waals surface area contributed by atoms with E-state index >= 15 is 0 Å². The molecule has 1 saturated heterocycles. The molecule has 0 aliphatic carbocycles. The topological polar surface area (TPSA) is 24.5 Å². The second-order valence-electron chi connectivity index (χ2n) is 5.54. The van der Waals surface area contributed by atoms with Gasteiger partial charge in [0.25, 0.3) is 0 Å². The third-order valence-corrected chi connectivity index (χ3v) is 3.92. The number of rotatable bonds is 6. The van der Waals surface area contributed by atoms with Crippen molar-refractivity contribution >= 4 is 5.69 Å². The molecular weight excluding hydrogens is 274 g/mol. The zero-order valence-corrected chi connectivity index (χ0v) is 12.8. The third kappa shape index (κ3) is 4.14. The molecule has 1 fully saturated rings. The van der Waals surface area contributed by atoms with Gasteiger partial charge in [-0.1, -0.05) is 6.92 Å². The van der Waals surface area contributed by atoms with E-state index in [-0.39, 0.29) is 11.7 Å². The summed E-state index contributed by atoms with van der Waals surface area (Å²) >= 11 is 0. The van der Waals surface area contributed by atoms with Gasteiger partial charge in [-0.25, -0.2) is 8.78 Å². The van der Waals surface area contributed by atoms with E-state index in [1.165, 1.54) is 12.1 Å². The molecule has 0 amide bonds. The van der Waals surface area contributed by atoms with Crippen LogP contribution in [0.15, 0.2) is 12.1 Å². The zero-order chi connectivity index (χ0) is 15.2. The van der Waals surface area contributed by atoms with E-state index in [4.69, 9.17) is 4.74 Å². The molecule has 0 radical (unpaired) electrons. The van der Waals surface area contributed by atoms with Crippen LogP contribution in [0.2, 0.25) is 0 Å². The Hall–Kier alpha value is -1.20. The summed E-state index contributed by atoms with van der Waals surface area (Å²) in [4.78, 5) is 1.72. The lowest BCUT2D eigenvalue weighted by molar-refractivity contribution is 0.0852. The van der Waals surface area contributed by atoms with Gasteiger partial charge in [0.2, 0.25) is 0 Å². The first-order valence-electron chi connectivity index (χ1n) is 7.62. The second-order valence-corrected chi connectivity index (χ2v) is 5.54. The molecule has 2 rings (SSSR count). The Morgan fingerprint density at radius 3 is 2.43 bits per heavy atom. The molecule has 1 heterocycles. The van der Waals surface area contributed by atoms with E-state index in [0.29, 0.717) is 25.3 Å². The first-order chi connectivity index (χ1) is 10.1. The van der Waals surface area contributed by atoms with Crippen LogP contribution in [-0.2, 0) is 11.3 Å². The van der Waals surface area contributed by atoms with Gasteiger partial charge >= 0.3 is 0 Å². The average molecular weight is 298 g/mol. The number of nitrogens with one attached hydrogen (secondary N) is 1. The molecule has 0 aromatic heterocycles. The van der Waals surface area contributed by atoms with Crippen LogP contribution in [0.1, 0.15) is 31.7 Å². The summed E-state index contributed by atoms with van der Waals surface area (Å²) in [7, 11) is 1.76. The van der Waals surface area contributed by atoms with Gasteiger partial charge in [0.15, 0.2) is 0 Å². The quantitative estimate of drug-likeness (QED) is 0.817. The van der Waals surface area contributed by atoms with Crippen molar-refractivity contribution in [1.29, 1.82) is 0 Å². The fourth-order valence-electron chi connectivity index (χ4n) is 2.72. The molecule has 5 heteroatoms. The van der Waals surface area contributed by atoms with Crippen LogP contribution in [-0.4, -0.2) is 32.8 Å². The summed E-state index contributed by atoms with van der Waals surface area (Å²) < 4.78 is 33.9. The van der Waals surface area contributed by atoms with Gasteiger partial charge in [-0.2, -0.15) is 0 Å². The normalized spacial score (nSPS) is 16.2. The highest BCUT2D eigenvalue weighted by Gasteiger charge is 2.23. The number of halogens is 2. The van der Waals surface area contributed by atoms with Crippen LogP contribution < -0.4 is 10.2 Å². The molecule has 0 unspecified atom stereocenters. The average Bonchev–Trinajstić information content (AvgIpc) is 2.47. The Kier molecular flexibility index (Phi) is 5.94. The minimum absolute atomic E-state index is 0.0705. The fourth-order valence-corrected chi connectivity index (χ4v) is 2.72. The van der Waals surface area contributed by atoms with Gasteiger partial charge < -0.3 is 15.0 Å². The van der Waals surface area contributed by atoms with Gasteiger partial charge in [0.1, 0.15) is 17.3 Å². The lowest BCUT2D eigenvalue weighted by atomic mass is 10.1. The van der Waals surface area contributed by atoms with Gasteiger partial charge in [0.05, 0.1) is 0 Å². The lowest BCUT2D eigenvalue weighted by Crippen LogP contribution is -2.37. The molecule has 118 valence electrons. The van der Waals surface area contributed by atoms with Crippen LogP contribution in [0.4, 0.5) is 14.5 Å². The summed E-state index contributed by atoms with van der Waals surface area (Å²) in [6.07, 6.45) is 2.60. The molecule has 21 heavy (non-hydrogen) atoms. The van der Waals surface area contributed by atoms with Crippen LogP contribution in [0.25, 0.3) is 0 Å². The fraction of sp³-hybridized carbons (Fsp3) is 0.625. The van der Waals surface area contributed by atoms with E-state index in [0.717, 1.165) is 25.8 Å². The maximum absolute atomic E-state index is 14.3. The van der Waals surface area contributed by atoms with Crippen molar-refractivity contribution in [3.8, 4) is 0 Å². The largest absolute Gasteiger partial charge is 0.381 e. The number of hydrogen-bond donors (Lipinski definition) is 1. The molecule has 1 aromatic carbocycles. The predicted octanol–water partition coefficient (Wildman–Crippen LogP) is 3.08. The van der Waals surface area contributed by atoms with Gasteiger partial charge in [-0.05, 0) is 43.5 Å². The maximum Gasteiger partial charge on any atom is 0.149 e. The molecule has 0 saturated carbocycles. The summed E-state index contributed by atoms with van der Waals surface area (Å²) in [6.45, 7) is 4.69. The summed E-state index contributed by atoms with van der Waals surface area (Å²) in [6, 6.07) is 2.99. The SMILES string of the molecule is CCCNCc1cc(F)c(N(C)C2CCOCC2)c(F)c1. The van der Waals surface area contributed by atoms with Crippen molar-refractivity contribution in [2.45, 2.75) is 38.8 Å². The number of anilines is 1. The van der Waals surface area contributed by atoms with Crippen molar-refractivity contribution in [3.05, 3.63) is 29.3 Å². The van der Waals surface area contributed by atoms with Gasteiger partial charge in [0, 0.05) is 32.8 Å². The molecule has 1 aliphatic heterocycles. The molecule has 3 nitrogen and oxygen atoms in total. The third-order valence-electron chi connectivity index (χ3n) is 3.92. The first kappa shape index (κ1) is 16.2. The Labute approximate surface area is 125 Å². The van der Waals surface area contributed by atoms with Crippen LogP contribution >= 0.6 is 0 Å². The molecule has 1 aromatic rings. The molecule has 0 atom stereocenters. The second kappa shape index (κ2) is 7.71. The van der Waals surface area contributed by atoms with Crippen LogP contribution in [0, 0.1) is 11.6 Å². The van der Waals surface area contributed by atoms with E-state index in [9.17, 15) is 8.78 Å². The van der Waals surface area contributed by atoms with Crippen molar-refractivity contribution in [2.75, 3.05) is 31.7 Å². The minimum Gasteiger partial charge on any atom is -0.381 e. The van der Waals surface area contributed by atoms with Gasteiger partial charge in [-0.15, -0.1) is 0 Å². The summed E-state index contributed by atoms with van der Waals surface area (Å²) in [5.41, 5.74) is 0.712. The highest BCUT2D eigenvalue weighted by Crippen LogP contribution is 2.28.